The normalized spacial score (nSPS) is 27.2. The van der Waals surface area contributed by atoms with Crippen LogP contribution in [0.5, 0.6) is 0 Å². The van der Waals surface area contributed by atoms with E-state index in [0.29, 0.717) is 13.0 Å². The molecule has 0 amide bonds. The topological polar surface area (TPSA) is 69.9 Å². The van der Waals surface area contributed by atoms with Gasteiger partial charge >= 0.3 is 0 Å². The van der Waals surface area contributed by atoms with Crippen LogP contribution in [0, 0.1) is 0 Å². The predicted molar refractivity (Wildman–Crippen MR) is 54.1 cm³/mol. The average Bonchev–Trinajstić information content (AvgIpc) is 2.28. The molecule has 1 heterocycles. The van der Waals surface area contributed by atoms with Crippen LogP contribution >= 0.6 is 0 Å². The highest BCUT2D eigenvalue weighted by atomic mass is 19.1. The number of hydrogen-bond acceptors (Lipinski definition) is 4. The molecule has 0 spiro atoms. The molecule has 0 aromatic carbocycles. The highest BCUT2D eigenvalue weighted by molar-refractivity contribution is 4.88. The Morgan fingerprint density at radius 3 is 1.67 bits per heavy atom. The van der Waals surface area contributed by atoms with Crippen LogP contribution in [0.15, 0.2) is 0 Å². The first kappa shape index (κ1) is 14.8. The molecule has 1 aliphatic rings. The lowest BCUT2D eigenvalue weighted by Crippen LogP contribution is -2.40. The summed E-state index contributed by atoms with van der Waals surface area (Å²) in [6.07, 6.45) is -1.22. The lowest BCUT2D eigenvalue weighted by molar-refractivity contribution is -0.127. The Morgan fingerprint density at radius 1 is 1.13 bits per heavy atom. The summed E-state index contributed by atoms with van der Waals surface area (Å²) in [5, 5.41) is 25.5. The van der Waals surface area contributed by atoms with Gasteiger partial charge in [0.25, 0.3) is 0 Å². The third-order valence-corrected chi connectivity index (χ3v) is 1.72. The van der Waals surface area contributed by atoms with Gasteiger partial charge in [-0.1, -0.05) is 0 Å². The van der Waals surface area contributed by atoms with Crippen molar-refractivity contribution in [2.75, 3.05) is 6.61 Å². The number of hydrogen-bond donors (Lipinski definition) is 3. The highest BCUT2D eigenvalue weighted by Gasteiger charge is 2.39. The molecule has 0 radical (unpaired) electrons. The van der Waals surface area contributed by atoms with Gasteiger partial charge in [0.15, 0.2) is 5.79 Å². The molecule has 92 valence electrons. The van der Waals surface area contributed by atoms with Gasteiger partial charge in [-0.05, 0) is 27.7 Å². The second-order valence-corrected chi connectivity index (χ2v) is 4.74. The predicted octanol–water partition coefficient (Wildman–Crippen LogP) is 0.591. The van der Waals surface area contributed by atoms with Crippen molar-refractivity contribution < 1.29 is 24.4 Å². The van der Waals surface area contributed by atoms with Crippen molar-refractivity contribution in [1.29, 1.82) is 0 Å². The van der Waals surface area contributed by atoms with Gasteiger partial charge in [-0.25, -0.2) is 4.39 Å². The average molecular weight is 224 g/mol. The van der Waals surface area contributed by atoms with Crippen LogP contribution in [-0.2, 0) is 4.74 Å². The molecule has 3 N–H and O–H groups in total. The molecule has 0 bridgehead atoms. The zero-order valence-electron chi connectivity index (χ0n) is 9.70. The first-order valence-electron chi connectivity index (χ1n) is 4.94. The van der Waals surface area contributed by atoms with Gasteiger partial charge in [-0.3, -0.25) is 0 Å². The van der Waals surface area contributed by atoms with Crippen LogP contribution in [0.2, 0.25) is 0 Å². The van der Waals surface area contributed by atoms with Crippen molar-refractivity contribution >= 4 is 0 Å². The molecular formula is C10H21FO4. The molecule has 0 aromatic rings. The third kappa shape index (κ3) is 7.67. The van der Waals surface area contributed by atoms with Crippen molar-refractivity contribution in [3.05, 3.63) is 0 Å². The number of alkyl halides is 1. The first-order chi connectivity index (χ1) is 6.52. The fourth-order valence-electron chi connectivity index (χ4n) is 1.21. The Hall–Kier alpha value is -0.230. The second-order valence-electron chi connectivity index (χ2n) is 4.74. The van der Waals surface area contributed by atoms with Crippen LogP contribution in [0.4, 0.5) is 4.39 Å². The van der Waals surface area contributed by atoms with Crippen LogP contribution in [0.1, 0.15) is 34.1 Å². The molecule has 5 heteroatoms. The van der Waals surface area contributed by atoms with Gasteiger partial charge in [0, 0.05) is 6.42 Å². The summed E-state index contributed by atoms with van der Waals surface area (Å²) in [6, 6.07) is 0. The van der Waals surface area contributed by atoms with Crippen molar-refractivity contribution in [3.8, 4) is 0 Å². The monoisotopic (exact) mass is 224 g/mol. The number of rotatable bonds is 1. The summed E-state index contributed by atoms with van der Waals surface area (Å²) < 4.78 is 17.8. The van der Waals surface area contributed by atoms with Crippen LogP contribution < -0.4 is 0 Å². The standard InChI is InChI=1S/C7H13FO2.C3H8O2/c1-7(2,9)6-5(8)3-4-10-6;1-3(2,4)5/h5-6,9H,3-4H2,1-2H3;4-5H,1-2H3. The van der Waals surface area contributed by atoms with Gasteiger partial charge in [0.05, 0.1) is 12.2 Å². The maximum atomic E-state index is 12.8. The molecule has 1 aliphatic heterocycles. The van der Waals surface area contributed by atoms with E-state index >= 15 is 0 Å². The van der Waals surface area contributed by atoms with Gasteiger partial charge in [0.2, 0.25) is 0 Å². The van der Waals surface area contributed by atoms with Gasteiger partial charge in [0.1, 0.15) is 12.3 Å². The third-order valence-electron chi connectivity index (χ3n) is 1.72. The fourth-order valence-corrected chi connectivity index (χ4v) is 1.21. The second kappa shape index (κ2) is 5.21. The summed E-state index contributed by atoms with van der Waals surface area (Å²) in [4.78, 5) is 0. The van der Waals surface area contributed by atoms with E-state index in [1.54, 1.807) is 13.8 Å². The molecule has 0 saturated carbocycles. The maximum Gasteiger partial charge on any atom is 0.156 e. The Kier molecular flexibility index (Phi) is 5.13. The lowest BCUT2D eigenvalue weighted by Gasteiger charge is -2.25. The van der Waals surface area contributed by atoms with Gasteiger partial charge in [-0.2, -0.15) is 0 Å². The smallest absolute Gasteiger partial charge is 0.156 e. The lowest BCUT2D eigenvalue weighted by atomic mass is 9.98. The van der Waals surface area contributed by atoms with E-state index in [1.807, 2.05) is 0 Å². The SMILES string of the molecule is CC(C)(O)C1OCCC1F.CC(C)(O)O. The summed E-state index contributed by atoms with van der Waals surface area (Å²) >= 11 is 0. The summed E-state index contributed by atoms with van der Waals surface area (Å²) in [5.41, 5.74) is -1.05. The minimum atomic E-state index is -1.50. The van der Waals surface area contributed by atoms with E-state index in [9.17, 15) is 9.50 Å². The van der Waals surface area contributed by atoms with Crippen LogP contribution in [-0.4, -0.2) is 45.6 Å². The Bertz CT molecular complexity index is 177. The number of aliphatic hydroxyl groups is 3. The van der Waals surface area contributed by atoms with Gasteiger partial charge in [-0.15, -0.1) is 0 Å². The maximum absolute atomic E-state index is 12.8. The zero-order valence-corrected chi connectivity index (χ0v) is 9.70. The molecule has 1 fully saturated rings. The Balaban J connectivity index is 0.000000336. The molecule has 0 aliphatic carbocycles. The van der Waals surface area contributed by atoms with E-state index in [-0.39, 0.29) is 0 Å². The van der Waals surface area contributed by atoms with E-state index in [2.05, 4.69) is 0 Å². The molecular weight excluding hydrogens is 203 g/mol. The van der Waals surface area contributed by atoms with Crippen molar-refractivity contribution in [3.63, 3.8) is 0 Å². The number of halogens is 1. The summed E-state index contributed by atoms with van der Waals surface area (Å²) in [5.74, 6) is -1.50. The van der Waals surface area contributed by atoms with E-state index in [1.165, 1.54) is 13.8 Å². The minimum absolute atomic E-state index is 0.411. The van der Waals surface area contributed by atoms with Crippen molar-refractivity contribution in [2.45, 2.75) is 57.8 Å². The molecule has 2 unspecified atom stereocenters. The molecule has 4 nitrogen and oxygen atoms in total. The van der Waals surface area contributed by atoms with Gasteiger partial charge < -0.3 is 20.1 Å². The summed E-state index contributed by atoms with van der Waals surface area (Å²) in [7, 11) is 0. The largest absolute Gasteiger partial charge is 0.388 e. The molecule has 0 aromatic heterocycles. The number of ether oxygens (including phenoxy) is 1. The highest BCUT2D eigenvalue weighted by Crippen LogP contribution is 2.25. The first-order valence-corrected chi connectivity index (χ1v) is 4.94. The molecule has 2 atom stereocenters. The van der Waals surface area contributed by atoms with Crippen LogP contribution in [0.3, 0.4) is 0 Å². The molecule has 15 heavy (non-hydrogen) atoms. The molecule has 1 rings (SSSR count). The Morgan fingerprint density at radius 2 is 1.53 bits per heavy atom. The van der Waals surface area contributed by atoms with E-state index < -0.39 is 23.7 Å². The van der Waals surface area contributed by atoms with Crippen molar-refractivity contribution in [1.82, 2.24) is 0 Å². The van der Waals surface area contributed by atoms with E-state index in [4.69, 9.17) is 14.9 Å². The van der Waals surface area contributed by atoms with Crippen LogP contribution in [0.25, 0.3) is 0 Å². The Labute approximate surface area is 89.7 Å². The fraction of sp³-hybridized carbons (Fsp3) is 1.00. The quantitative estimate of drug-likeness (QED) is 0.570. The molecule has 1 saturated heterocycles. The minimum Gasteiger partial charge on any atom is -0.388 e. The summed E-state index contributed by atoms with van der Waals surface area (Å²) in [6.45, 7) is 6.15. The van der Waals surface area contributed by atoms with Crippen molar-refractivity contribution in [2.24, 2.45) is 0 Å². The van der Waals surface area contributed by atoms with E-state index in [0.717, 1.165) is 0 Å². The zero-order chi connectivity index (χ0) is 12.3.